The van der Waals surface area contributed by atoms with Crippen LogP contribution in [0, 0.1) is 10.1 Å². The van der Waals surface area contributed by atoms with Crippen LogP contribution in [-0.2, 0) is 4.79 Å². The number of amides is 2. The van der Waals surface area contributed by atoms with Gasteiger partial charge in [0.15, 0.2) is 11.5 Å². The smallest absolute Gasteiger partial charge is 0.343 e. The van der Waals surface area contributed by atoms with E-state index in [2.05, 4.69) is 15.8 Å². The summed E-state index contributed by atoms with van der Waals surface area (Å²) < 4.78 is 11.1. The van der Waals surface area contributed by atoms with Gasteiger partial charge in [0.2, 0.25) is 0 Å². The van der Waals surface area contributed by atoms with Gasteiger partial charge in [-0.15, -0.1) is 0 Å². The Bertz CT molecular complexity index is 1840. The molecule has 13 heteroatoms. The molecule has 4 aromatic carbocycles. The monoisotopic (exact) mass is 655 g/mol. The molecule has 47 heavy (non-hydrogen) atoms. The Hall–Kier alpha value is -6.01. The van der Waals surface area contributed by atoms with Crippen molar-refractivity contribution in [3.05, 3.63) is 134 Å². The van der Waals surface area contributed by atoms with Crippen LogP contribution in [0.25, 0.3) is 6.08 Å². The minimum atomic E-state index is -0.732. The van der Waals surface area contributed by atoms with Crippen molar-refractivity contribution >= 4 is 53.0 Å². The fourth-order valence-corrected chi connectivity index (χ4v) is 4.31. The Morgan fingerprint density at radius 1 is 0.936 bits per heavy atom. The van der Waals surface area contributed by atoms with Crippen LogP contribution in [0.1, 0.15) is 38.8 Å². The van der Waals surface area contributed by atoms with Crippen molar-refractivity contribution in [2.75, 3.05) is 25.6 Å². The van der Waals surface area contributed by atoms with Crippen LogP contribution in [0.5, 0.6) is 11.5 Å². The third-order valence-corrected chi connectivity index (χ3v) is 6.83. The lowest BCUT2D eigenvalue weighted by Gasteiger charge is -2.13. The molecule has 0 atom stereocenters. The van der Waals surface area contributed by atoms with E-state index in [9.17, 15) is 24.5 Å². The van der Waals surface area contributed by atoms with E-state index >= 15 is 0 Å². The maximum absolute atomic E-state index is 13.2. The van der Waals surface area contributed by atoms with Crippen molar-refractivity contribution in [2.24, 2.45) is 5.10 Å². The fourth-order valence-electron chi connectivity index (χ4n) is 4.09. The molecule has 0 heterocycles. The average molecular weight is 656 g/mol. The van der Waals surface area contributed by atoms with Crippen LogP contribution in [0.15, 0.2) is 102 Å². The van der Waals surface area contributed by atoms with Gasteiger partial charge in [0.05, 0.1) is 33.9 Å². The normalized spacial score (nSPS) is 11.1. The van der Waals surface area contributed by atoms with Crippen LogP contribution in [0.2, 0.25) is 5.02 Å². The predicted octanol–water partition coefficient (Wildman–Crippen LogP) is 5.85. The number of carbonyl (C=O) groups is 3. The SMILES string of the molecule is CCOc1cc(/C=N\NC(=O)C(=Cc2ccc(N(C)C)cc2)NC(=O)c2ccccc2Cl)ccc1OC(=O)c1ccc([N+](=O)[O-])cc1. The number of rotatable bonds is 12. The topological polar surface area (TPSA) is 152 Å². The van der Waals surface area contributed by atoms with Crippen molar-refractivity contribution in [1.82, 2.24) is 10.7 Å². The van der Waals surface area contributed by atoms with Crippen LogP contribution in [-0.4, -0.2) is 49.6 Å². The summed E-state index contributed by atoms with van der Waals surface area (Å²) in [5.41, 5.74) is 4.60. The number of benzene rings is 4. The lowest BCUT2D eigenvalue weighted by atomic mass is 10.1. The van der Waals surface area contributed by atoms with Crippen LogP contribution >= 0.6 is 11.6 Å². The fraction of sp³-hybridized carbons (Fsp3) is 0.118. The summed E-state index contributed by atoms with van der Waals surface area (Å²) in [6, 6.07) is 23.4. The molecule has 2 amide bonds. The van der Waals surface area contributed by atoms with E-state index in [1.54, 1.807) is 55.5 Å². The molecule has 0 aliphatic heterocycles. The van der Waals surface area contributed by atoms with E-state index in [0.717, 1.165) is 5.69 Å². The van der Waals surface area contributed by atoms with Gasteiger partial charge < -0.3 is 19.7 Å². The number of nitrogens with zero attached hydrogens (tertiary/aromatic N) is 3. The van der Waals surface area contributed by atoms with Crippen molar-refractivity contribution in [3.8, 4) is 11.5 Å². The molecule has 0 fully saturated rings. The largest absolute Gasteiger partial charge is 0.490 e. The number of nitro benzene ring substituents is 1. The van der Waals surface area contributed by atoms with Gasteiger partial charge in [-0.25, -0.2) is 10.2 Å². The van der Waals surface area contributed by atoms with Crippen molar-refractivity contribution in [2.45, 2.75) is 6.92 Å². The van der Waals surface area contributed by atoms with E-state index in [1.807, 2.05) is 31.1 Å². The first-order valence-corrected chi connectivity index (χ1v) is 14.6. The number of anilines is 1. The molecule has 0 unspecified atom stereocenters. The van der Waals surface area contributed by atoms with Gasteiger partial charge in [-0.05, 0) is 78.7 Å². The average Bonchev–Trinajstić information content (AvgIpc) is 3.06. The third-order valence-electron chi connectivity index (χ3n) is 6.50. The molecule has 4 aromatic rings. The lowest BCUT2D eigenvalue weighted by molar-refractivity contribution is -0.384. The van der Waals surface area contributed by atoms with Gasteiger partial charge >= 0.3 is 5.97 Å². The van der Waals surface area contributed by atoms with E-state index in [1.165, 1.54) is 42.6 Å². The number of halogens is 1. The van der Waals surface area contributed by atoms with Gasteiger partial charge in [-0.1, -0.05) is 35.9 Å². The number of hydrazone groups is 1. The van der Waals surface area contributed by atoms with Gasteiger partial charge in [-0.2, -0.15) is 5.10 Å². The summed E-state index contributed by atoms with van der Waals surface area (Å²) in [7, 11) is 3.82. The molecule has 0 spiro atoms. The second-order valence-corrected chi connectivity index (χ2v) is 10.4. The van der Waals surface area contributed by atoms with Crippen molar-refractivity contribution in [1.29, 1.82) is 0 Å². The molecule has 12 nitrogen and oxygen atoms in total. The molecule has 0 saturated heterocycles. The summed E-state index contributed by atoms with van der Waals surface area (Å²) in [5.74, 6) is -1.66. The molecule has 0 aliphatic rings. The number of carbonyl (C=O) groups excluding carboxylic acids is 3. The highest BCUT2D eigenvalue weighted by Gasteiger charge is 2.17. The molecule has 0 aromatic heterocycles. The number of nitrogens with one attached hydrogen (secondary N) is 2. The predicted molar refractivity (Wildman–Crippen MR) is 179 cm³/mol. The first-order chi connectivity index (χ1) is 22.5. The summed E-state index contributed by atoms with van der Waals surface area (Å²) in [6.45, 7) is 2.01. The standard InChI is InChI=1S/C34H30ClN5O7/c1-4-46-31-20-23(11-18-30(31)47-34(43)24-12-16-26(17-13-24)40(44)45)21-36-38-33(42)29(19-22-9-14-25(15-10-22)39(2)3)37-32(41)27-7-5-6-8-28(27)35/h5-21H,4H2,1-3H3,(H,37,41)(H,38,42)/b29-19?,36-21-. The van der Waals surface area contributed by atoms with E-state index in [0.29, 0.717) is 11.1 Å². The lowest BCUT2D eigenvalue weighted by Crippen LogP contribution is -2.33. The molecule has 240 valence electrons. The summed E-state index contributed by atoms with van der Waals surface area (Å²) in [4.78, 5) is 51.1. The number of esters is 1. The Balaban J connectivity index is 1.51. The van der Waals surface area contributed by atoms with Gasteiger partial charge in [0.1, 0.15) is 5.70 Å². The Morgan fingerprint density at radius 3 is 2.26 bits per heavy atom. The second kappa shape index (κ2) is 15.8. The van der Waals surface area contributed by atoms with Crippen LogP contribution in [0.4, 0.5) is 11.4 Å². The van der Waals surface area contributed by atoms with E-state index in [4.69, 9.17) is 21.1 Å². The van der Waals surface area contributed by atoms with E-state index in [-0.39, 0.29) is 45.6 Å². The van der Waals surface area contributed by atoms with Gasteiger partial charge in [-0.3, -0.25) is 19.7 Å². The molecular formula is C34H30ClN5O7. The van der Waals surface area contributed by atoms with Crippen LogP contribution < -0.4 is 25.1 Å². The maximum atomic E-state index is 13.2. The summed E-state index contributed by atoms with van der Waals surface area (Å²) in [5, 5.41) is 17.8. The zero-order chi connectivity index (χ0) is 33.9. The first-order valence-electron chi connectivity index (χ1n) is 14.2. The molecule has 0 bridgehead atoms. The molecule has 2 N–H and O–H groups in total. The number of ether oxygens (including phenoxy) is 2. The minimum Gasteiger partial charge on any atom is -0.490 e. The highest BCUT2D eigenvalue weighted by Crippen LogP contribution is 2.29. The number of hydrogen-bond acceptors (Lipinski definition) is 9. The minimum absolute atomic E-state index is 0.0758. The third kappa shape index (κ3) is 9.25. The Labute approximate surface area is 275 Å². The highest BCUT2D eigenvalue weighted by atomic mass is 35.5. The van der Waals surface area contributed by atoms with E-state index < -0.39 is 22.7 Å². The Kier molecular flexibility index (Phi) is 11.4. The Morgan fingerprint density at radius 2 is 1.62 bits per heavy atom. The molecule has 0 saturated carbocycles. The molecular weight excluding hydrogens is 626 g/mol. The number of hydrogen-bond donors (Lipinski definition) is 2. The summed E-state index contributed by atoms with van der Waals surface area (Å²) >= 11 is 6.19. The summed E-state index contributed by atoms with van der Waals surface area (Å²) in [6.07, 6.45) is 2.86. The molecule has 4 rings (SSSR count). The van der Waals surface area contributed by atoms with Crippen molar-refractivity contribution < 1.29 is 28.8 Å². The zero-order valence-electron chi connectivity index (χ0n) is 25.6. The first kappa shape index (κ1) is 33.9. The van der Waals surface area contributed by atoms with Gasteiger partial charge in [0, 0.05) is 31.9 Å². The molecule has 0 aliphatic carbocycles. The second-order valence-electron chi connectivity index (χ2n) is 10.0. The van der Waals surface area contributed by atoms with Crippen LogP contribution in [0.3, 0.4) is 0 Å². The highest BCUT2D eigenvalue weighted by molar-refractivity contribution is 6.34. The number of nitro groups is 1. The quantitative estimate of drug-likeness (QED) is 0.0481. The maximum Gasteiger partial charge on any atom is 0.343 e. The molecule has 0 radical (unpaired) electrons. The van der Waals surface area contributed by atoms with Gasteiger partial charge in [0.25, 0.3) is 17.5 Å². The number of non-ortho nitro benzene ring substituents is 1. The zero-order valence-corrected chi connectivity index (χ0v) is 26.4. The van der Waals surface area contributed by atoms with Crippen molar-refractivity contribution in [3.63, 3.8) is 0 Å².